The SMILES string of the molecule is COc1cc(C(=O)OCC(Cl)(Cl)Cl)cc(OC)c1OC. The van der Waals surface area contributed by atoms with Gasteiger partial charge >= 0.3 is 5.97 Å². The van der Waals surface area contributed by atoms with Crippen molar-refractivity contribution in [2.24, 2.45) is 0 Å². The summed E-state index contributed by atoms with van der Waals surface area (Å²) in [5, 5.41) is 0. The third-order valence-corrected chi connectivity index (χ3v) is 2.59. The summed E-state index contributed by atoms with van der Waals surface area (Å²) in [5.74, 6) is 0.351. The normalized spacial score (nSPS) is 10.9. The Morgan fingerprint density at radius 2 is 1.55 bits per heavy atom. The number of ether oxygens (including phenoxy) is 4. The number of carbonyl (C=O) groups is 1. The van der Waals surface area contributed by atoms with E-state index < -0.39 is 9.76 Å². The first-order valence-corrected chi connectivity index (χ1v) is 6.49. The first-order valence-electron chi connectivity index (χ1n) is 5.36. The molecule has 0 heterocycles. The number of alkyl halides is 3. The minimum atomic E-state index is -1.67. The van der Waals surface area contributed by atoms with Crippen LogP contribution in [0.5, 0.6) is 17.2 Å². The smallest absolute Gasteiger partial charge is 0.338 e. The van der Waals surface area contributed by atoms with E-state index in [0.717, 1.165) is 0 Å². The minimum absolute atomic E-state index is 0.189. The lowest BCUT2D eigenvalue weighted by molar-refractivity contribution is 0.0511. The summed E-state index contributed by atoms with van der Waals surface area (Å²) in [4.78, 5) is 11.9. The molecule has 20 heavy (non-hydrogen) atoms. The highest BCUT2D eigenvalue weighted by Gasteiger charge is 2.24. The van der Waals surface area contributed by atoms with Gasteiger partial charge in [0.05, 0.1) is 26.9 Å². The predicted molar refractivity (Wildman–Crippen MR) is 76.7 cm³/mol. The van der Waals surface area contributed by atoms with E-state index in [1.54, 1.807) is 0 Å². The highest BCUT2D eigenvalue weighted by molar-refractivity contribution is 6.67. The van der Waals surface area contributed by atoms with E-state index in [-0.39, 0.29) is 12.2 Å². The van der Waals surface area contributed by atoms with Crippen molar-refractivity contribution >= 4 is 40.8 Å². The molecule has 0 N–H and O–H groups in total. The molecule has 1 rings (SSSR count). The molecule has 0 amide bonds. The molecule has 1 aromatic rings. The summed E-state index contributed by atoms with van der Waals surface area (Å²) in [6.45, 7) is -0.368. The van der Waals surface area contributed by atoms with Crippen molar-refractivity contribution in [3.8, 4) is 17.2 Å². The van der Waals surface area contributed by atoms with Crippen molar-refractivity contribution in [2.45, 2.75) is 3.79 Å². The van der Waals surface area contributed by atoms with E-state index in [1.807, 2.05) is 0 Å². The van der Waals surface area contributed by atoms with Crippen LogP contribution >= 0.6 is 34.8 Å². The summed E-state index contributed by atoms with van der Waals surface area (Å²) in [6, 6.07) is 2.89. The molecular weight excluding hydrogens is 330 g/mol. The van der Waals surface area contributed by atoms with E-state index in [4.69, 9.17) is 53.8 Å². The van der Waals surface area contributed by atoms with E-state index >= 15 is 0 Å². The number of rotatable bonds is 5. The number of carbonyl (C=O) groups excluding carboxylic acids is 1. The number of methoxy groups -OCH3 is 3. The maximum atomic E-state index is 11.9. The molecule has 0 atom stereocenters. The number of halogens is 3. The molecule has 0 unspecified atom stereocenters. The molecule has 0 saturated carbocycles. The second-order valence-electron chi connectivity index (χ2n) is 3.61. The second-order valence-corrected chi connectivity index (χ2v) is 6.12. The average molecular weight is 344 g/mol. The molecule has 0 aromatic heterocycles. The van der Waals surface area contributed by atoms with Gasteiger partial charge in [0, 0.05) is 0 Å². The highest BCUT2D eigenvalue weighted by Crippen LogP contribution is 2.38. The van der Waals surface area contributed by atoms with Crippen LogP contribution in [0.3, 0.4) is 0 Å². The van der Waals surface area contributed by atoms with Gasteiger partial charge in [-0.2, -0.15) is 0 Å². The van der Waals surface area contributed by atoms with Gasteiger partial charge in [0.15, 0.2) is 11.5 Å². The van der Waals surface area contributed by atoms with Crippen LogP contribution in [0.2, 0.25) is 0 Å². The Morgan fingerprint density at radius 1 is 1.05 bits per heavy atom. The lowest BCUT2D eigenvalue weighted by Gasteiger charge is -2.15. The van der Waals surface area contributed by atoms with Crippen LogP contribution in [0.4, 0.5) is 0 Å². The Hall–Kier alpha value is -1.04. The quantitative estimate of drug-likeness (QED) is 0.607. The standard InChI is InChI=1S/C12H13Cl3O5/c1-17-8-4-7(5-9(18-2)10(8)19-3)11(16)20-6-12(13,14)15/h4-5H,6H2,1-3H3. The fourth-order valence-electron chi connectivity index (χ4n) is 1.43. The van der Waals surface area contributed by atoms with Crippen LogP contribution < -0.4 is 14.2 Å². The molecule has 0 saturated heterocycles. The molecule has 0 aliphatic heterocycles. The maximum Gasteiger partial charge on any atom is 0.338 e. The van der Waals surface area contributed by atoms with Crippen LogP contribution in [0, 0.1) is 0 Å². The number of esters is 1. The average Bonchev–Trinajstić information content (AvgIpc) is 2.42. The van der Waals surface area contributed by atoms with Gasteiger partial charge in [-0.3, -0.25) is 0 Å². The molecule has 1 aromatic carbocycles. The minimum Gasteiger partial charge on any atom is -0.493 e. The molecule has 0 aliphatic rings. The molecule has 0 aliphatic carbocycles. The van der Waals surface area contributed by atoms with Crippen molar-refractivity contribution in [3.05, 3.63) is 17.7 Å². The van der Waals surface area contributed by atoms with Crippen molar-refractivity contribution in [2.75, 3.05) is 27.9 Å². The van der Waals surface area contributed by atoms with Gasteiger partial charge in [-0.25, -0.2) is 4.79 Å². The maximum absolute atomic E-state index is 11.9. The first kappa shape index (κ1) is 17.0. The van der Waals surface area contributed by atoms with Crippen LogP contribution in [0.1, 0.15) is 10.4 Å². The van der Waals surface area contributed by atoms with Gasteiger partial charge in [-0.15, -0.1) is 0 Å². The lowest BCUT2D eigenvalue weighted by atomic mass is 10.2. The van der Waals surface area contributed by atoms with E-state index in [0.29, 0.717) is 17.2 Å². The fourth-order valence-corrected chi connectivity index (χ4v) is 1.59. The highest BCUT2D eigenvalue weighted by atomic mass is 35.6. The van der Waals surface area contributed by atoms with Crippen LogP contribution in [0.25, 0.3) is 0 Å². The Balaban J connectivity index is 3.04. The predicted octanol–water partition coefficient (Wildman–Crippen LogP) is 3.24. The van der Waals surface area contributed by atoms with Crippen LogP contribution in [-0.4, -0.2) is 37.7 Å². The zero-order chi connectivity index (χ0) is 15.3. The van der Waals surface area contributed by atoms with E-state index in [1.165, 1.54) is 33.5 Å². The van der Waals surface area contributed by atoms with Crippen LogP contribution in [-0.2, 0) is 4.74 Å². The third kappa shape index (κ3) is 4.51. The summed E-state index contributed by atoms with van der Waals surface area (Å²) in [5.41, 5.74) is 0.189. The Kier molecular flexibility index (Phi) is 6.05. The van der Waals surface area contributed by atoms with E-state index in [9.17, 15) is 4.79 Å². The van der Waals surface area contributed by atoms with Gasteiger partial charge in [-0.05, 0) is 12.1 Å². The molecule has 0 spiro atoms. The molecule has 0 bridgehead atoms. The van der Waals surface area contributed by atoms with Crippen molar-refractivity contribution < 1.29 is 23.7 Å². The van der Waals surface area contributed by atoms with Gasteiger partial charge in [0.25, 0.3) is 0 Å². The summed E-state index contributed by atoms with van der Waals surface area (Å²) >= 11 is 16.5. The van der Waals surface area contributed by atoms with Crippen LogP contribution in [0.15, 0.2) is 12.1 Å². The second kappa shape index (κ2) is 7.11. The number of hydrogen-bond acceptors (Lipinski definition) is 5. The monoisotopic (exact) mass is 342 g/mol. The topological polar surface area (TPSA) is 54.0 Å². The molecule has 0 radical (unpaired) electrons. The molecule has 5 nitrogen and oxygen atoms in total. The lowest BCUT2D eigenvalue weighted by Crippen LogP contribution is -2.17. The Labute approximate surface area is 131 Å². The number of benzene rings is 1. The Bertz CT molecular complexity index is 459. The number of hydrogen-bond donors (Lipinski definition) is 0. The molecule has 112 valence electrons. The Morgan fingerprint density at radius 3 is 1.90 bits per heavy atom. The molecule has 8 heteroatoms. The van der Waals surface area contributed by atoms with Gasteiger partial charge in [0.1, 0.15) is 6.61 Å². The zero-order valence-electron chi connectivity index (χ0n) is 11.0. The van der Waals surface area contributed by atoms with Crippen molar-refractivity contribution in [1.29, 1.82) is 0 Å². The van der Waals surface area contributed by atoms with E-state index in [2.05, 4.69) is 0 Å². The largest absolute Gasteiger partial charge is 0.493 e. The van der Waals surface area contributed by atoms with Gasteiger partial charge in [0.2, 0.25) is 9.54 Å². The van der Waals surface area contributed by atoms with Crippen molar-refractivity contribution in [1.82, 2.24) is 0 Å². The molecule has 0 fully saturated rings. The first-order chi connectivity index (χ1) is 9.32. The van der Waals surface area contributed by atoms with Crippen molar-refractivity contribution in [3.63, 3.8) is 0 Å². The summed E-state index contributed by atoms with van der Waals surface area (Å²) in [7, 11) is 4.34. The van der Waals surface area contributed by atoms with Gasteiger partial charge in [-0.1, -0.05) is 34.8 Å². The third-order valence-electron chi connectivity index (χ3n) is 2.27. The molecular formula is C12H13Cl3O5. The summed E-state index contributed by atoms with van der Waals surface area (Å²) < 4.78 is 18.6. The fraction of sp³-hybridized carbons (Fsp3) is 0.417. The zero-order valence-corrected chi connectivity index (χ0v) is 13.3. The van der Waals surface area contributed by atoms with Gasteiger partial charge < -0.3 is 18.9 Å². The summed E-state index contributed by atoms with van der Waals surface area (Å²) in [6.07, 6.45) is 0.